The van der Waals surface area contributed by atoms with E-state index in [4.69, 9.17) is 15.2 Å². The van der Waals surface area contributed by atoms with Crippen molar-refractivity contribution < 1.29 is 14.6 Å². The fourth-order valence-electron chi connectivity index (χ4n) is 2.99. The van der Waals surface area contributed by atoms with Crippen molar-refractivity contribution in [2.75, 3.05) is 18.9 Å². The number of nitrogens with zero attached hydrogens (tertiary/aromatic N) is 3. The number of aromatic nitrogens is 3. The Morgan fingerprint density at radius 3 is 2.73 bits per heavy atom. The molecule has 3 aromatic rings. The summed E-state index contributed by atoms with van der Waals surface area (Å²) in [4.78, 5) is 9.16. The molecule has 3 rings (SSSR count). The summed E-state index contributed by atoms with van der Waals surface area (Å²) >= 11 is 0. The van der Waals surface area contributed by atoms with E-state index in [1.807, 2.05) is 31.2 Å². The molecule has 7 heteroatoms. The van der Waals surface area contributed by atoms with E-state index in [-0.39, 0.29) is 0 Å². The molecule has 0 saturated heterocycles. The summed E-state index contributed by atoms with van der Waals surface area (Å²) in [5.41, 5.74) is 8.66. The molecule has 0 unspecified atom stereocenters. The number of rotatable bonds is 8. The average Bonchev–Trinajstić information content (AvgIpc) is 2.95. The summed E-state index contributed by atoms with van der Waals surface area (Å²) < 4.78 is 13.1. The van der Waals surface area contributed by atoms with Crippen LogP contribution < -0.4 is 5.73 Å². The minimum Gasteiger partial charge on any atom is -0.382 e. The monoisotopic (exact) mass is 358 g/mol. The van der Waals surface area contributed by atoms with Gasteiger partial charge in [0.1, 0.15) is 17.9 Å². The molecule has 0 aliphatic rings. The maximum absolute atomic E-state index is 9.71. The number of ether oxygens (including phenoxy) is 2. The Bertz CT molecular complexity index is 899. The zero-order chi connectivity index (χ0) is 18.7. The number of hydrogen-bond donors (Lipinski definition) is 2. The van der Waals surface area contributed by atoms with Crippen molar-refractivity contribution in [2.45, 2.75) is 46.1 Å². The molecule has 7 nitrogen and oxygen atoms in total. The molecule has 140 valence electrons. The van der Waals surface area contributed by atoms with Gasteiger partial charge in [0.05, 0.1) is 17.6 Å². The first kappa shape index (κ1) is 18.6. The molecule has 0 amide bonds. The molecule has 0 spiro atoms. The standard InChI is InChI=1S/C19H26N4O3/c1-4-25-12-15-22-16-17(23(15)10-7-11-26-19(2,3)24)13-8-5-6-9-14(13)21-18(16)20/h5-6,8-9,24H,4,7,10-12H2,1-3H3,(H2,20,21). The summed E-state index contributed by atoms with van der Waals surface area (Å²) in [5, 5.41) is 10.7. The highest BCUT2D eigenvalue weighted by Gasteiger charge is 2.18. The highest BCUT2D eigenvalue weighted by Crippen LogP contribution is 2.29. The van der Waals surface area contributed by atoms with Gasteiger partial charge in [0.25, 0.3) is 0 Å². The molecular formula is C19H26N4O3. The number of imidazole rings is 1. The minimum atomic E-state index is -1.13. The lowest BCUT2D eigenvalue weighted by Crippen LogP contribution is -2.24. The fraction of sp³-hybridized carbons (Fsp3) is 0.474. The number of para-hydroxylation sites is 1. The van der Waals surface area contributed by atoms with Crippen molar-refractivity contribution >= 4 is 27.8 Å². The van der Waals surface area contributed by atoms with Gasteiger partial charge in [0, 0.05) is 18.5 Å². The van der Waals surface area contributed by atoms with E-state index in [0.29, 0.717) is 37.7 Å². The van der Waals surface area contributed by atoms with Crippen molar-refractivity contribution in [1.29, 1.82) is 0 Å². The van der Waals surface area contributed by atoms with Crippen LogP contribution in [0.3, 0.4) is 0 Å². The van der Waals surface area contributed by atoms with Gasteiger partial charge in [-0.1, -0.05) is 18.2 Å². The molecule has 0 radical (unpaired) electrons. The number of nitrogens with two attached hydrogens (primary N) is 1. The van der Waals surface area contributed by atoms with Gasteiger partial charge in [-0.05, 0) is 33.3 Å². The first-order chi connectivity index (χ1) is 12.4. The molecular weight excluding hydrogens is 332 g/mol. The Labute approximate surface area is 152 Å². The van der Waals surface area contributed by atoms with Crippen molar-refractivity contribution in [3.8, 4) is 0 Å². The SMILES string of the molecule is CCOCc1nc2c(N)nc3ccccc3c2n1CCCOC(C)(C)O. The van der Waals surface area contributed by atoms with Gasteiger partial charge in [-0.3, -0.25) is 0 Å². The van der Waals surface area contributed by atoms with Crippen LogP contribution >= 0.6 is 0 Å². The lowest BCUT2D eigenvalue weighted by molar-refractivity contribution is -0.176. The second kappa shape index (κ2) is 7.57. The molecule has 3 N–H and O–H groups in total. The summed E-state index contributed by atoms with van der Waals surface area (Å²) in [5.74, 6) is 0.101. The van der Waals surface area contributed by atoms with Crippen LogP contribution in [0.4, 0.5) is 5.82 Å². The number of aliphatic hydroxyl groups is 1. The lowest BCUT2D eigenvalue weighted by Gasteiger charge is -2.18. The number of anilines is 1. The smallest absolute Gasteiger partial charge is 0.159 e. The molecule has 0 bridgehead atoms. The zero-order valence-electron chi connectivity index (χ0n) is 15.5. The van der Waals surface area contributed by atoms with E-state index in [2.05, 4.69) is 14.5 Å². The molecule has 0 atom stereocenters. The molecule has 1 aromatic carbocycles. The summed E-state index contributed by atoms with van der Waals surface area (Å²) in [6, 6.07) is 7.90. The van der Waals surface area contributed by atoms with Gasteiger partial charge in [0.2, 0.25) is 0 Å². The largest absolute Gasteiger partial charge is 0.382 e. The quantitative estimate of drug-likeness (QED) is 0.475. The highest BCUT2D eigenvalue weighted by atomic mass is 16.6. The van der Waals surface area contributed by atoms with Crippen LogP contribution in [0.5, 0.6) is 0 Å². The van der Waals surface area contributed by atoms with Crippen LogP contribution in [0.1, 0.15) is 33.0 Å². The van der Waals surface area contributed by atoms with E-state index in [1.54, 1.807) is 13.8 Å². The van der Waals surface area contributed by atoms with Gasteiger partial charge in [-0.2, -0.15) is 0 Å². The summed E-state index contributed by atoms with van der Waals surface area (Å²) in [6.45, 7) is 7.35. The predicted molar refractivity (Wildman–Crippen MR) is 102 cm³/mol. The van der Waals surface area contributed by atoms with Crippen LogP contribution in [-0.2, 0) is 22.6 Å². The van der Waals surface area contributed by atoms with Crippen molar-refractivity contribution in [1.82, 2.24) is 14.5 Å². The first-order valence-corrected chi connectivity index (χ1v) is 8.88. The third kappa shape index (κ3) is 3.95. The van der Waals surface area contributed by atoms with E-state index in [0.717, 1.165) is 28.7 Å². The first-order valence-electron chi connectivity index (χ1n) is 8.88. The number of hydrogen-bond acceptors (Lipinski definition) is 6. The highest BCUT2D eigenvalue weighted by molar-refractivity contribution is 6.06. The Balaban J connectivity index is 2.01. The van der Waals surface area contributed by atoms with Crippen LogP contribution in [-0.4, -0.2) is 38.6 Å². The van der Waals surface area contributed by atoms with Crippen LogP contribution in [0.25, 0.3) is 21.9 Å². The third-order valence-corrected chi connectivity index (χ3v) is 4.11. The van der Waals surface area contributed by atoms with E-state index in [1.165, 1.54) is 0 Å². The Kier molecular flexibility index (Phi) is 5.41. The fourth-order valence-corrected chi connectivity index (χ4v) is 2.99. The van der Waals surface area contributed by atoms with E-state index in [9.17, 15) is 5.11 Å². The number of aryl methyl sites for hydroxylation is 1. The third-order valence-electron chi connectivity index (χ3n) is 4.11. The Hall–Kier alpha value is -2.22. The van der Waals surface area contributed by atoms with Crippen LogP contribution in [0.2, 0.25) is 0 Å². The lowest BCUT2D eigenvalue weighted by atomic mass is 10.2. The summed E-state index contributed by atoms with van der Waals surface area (Å²) in [6.07, 6.45) is 0.727. The number of pyridine rings is 1. The van der Waals surface area contributed by atoms with Gasteiger partial charge in [-0.15, -0.1) is 0 Å². The van der Waals surface area contributed by atoms with Gasteiger partial charge >= 0.3 is 0 Å². The topological polar surface area (TPSA) is 95.4 Å². The maximum Gasteiger partial charge on any atom is 0.159 e. The molecule has 0 fully saturated rings. The predicted octanol–water partition coefficient (Wildman–Crippen LogP) is 2.84. The van der Waals surface area contributed by atoms with E-state index >= 15 is 0 Å². The number of benzene rings is 1. The van der Waals surface area contributed by atoms with Crippen molar-refractivity contribution in [2.24, 2.45) is 0 Å². The number of nitrogen functional groups attached to an aromatic ring is 1. The Morgan fingerprint density at radius 2 is 2.00 bits per heavy atom. The molecule has 0 aliphatic heterocycles. The van der Waals surface area contributed by atoms with Crippen LogP contribution in [0.15, 0.2) is 24.3 Å². The van der Waals surface area contributed by atoms with Crippen LogP contribution in [0, 0.1) is 0 Å². The molecule has 0 aliphatic carbocycles. The molecule has 26 heavy (non-hydrogen) atoms. The average molecular weight is 358 g/mol. The second-order valence-corrected chi connectivity index (χ2v) is 6.68. The molecule has 2 aromatic heterocycles. The molecule has 0 saturated carbocycles. The Morgan fingerprint density at radius 1 is 1.23 bits per heavy atom. The zero-order valence-corrected chi connectivity index (χ0v) is 15.5. The minimum absolute atomic E-state index is 0.408. The second-order valence-electron chi connectivity index (χ2n) is 6.68. The van der Waals surface area contributed by atoms with Crippen molar-refractivity contribution in [3.05, 3.63) is 30.1 Å². The van der Waals surface area contributed by atoms with Gasteiger partial charge in [-0.25, -0.2) is 9.97 Å². The maximum atomic E-state index is 9.71. The summed E-state index contributed by atoms with van der Waals surface area (Å²) in [7, 11) is 0. The van der Waals surface area contributed by atoms with Gasteiger partial charge < -0.3 is 24.9 Å². The molecule has 2 heterocycles. The van der Waals surface area contributed by atoms with Gasteiger partial charge in [0.15, 0.2) is 11.6 Å². The number of fused-ring (bicyclic) bond motifs is 3. The van der Waals surface area contributed by atoms with E-state index < -0.39 is 5.79 Å². The normalized spacial score (nSPS) is 12.3. The van der Waals surface area contributed by atoms with Crippen molar-refractivity contribution in [3.63, 3.8) is 0 Å².